The largest absolute Gasteiger partial charge is 0.258 e. The predicted octanol–water partition coefficient (Wildman–Crippen LogP) is 3.50. The van der Waals surface area contributed by atoms with Gasteiger partial charge in [0.2, 0.25) is 0 Å². The summed E-state index contributed by atoms with van der Waals surface area (Å²) < 4.78 is 0. The van der Waals surface area contributed by atoms with E-state index in [1.54, 1.807) is 0 Å². The van der Waals surface area contributed by atoms with Crippen LogP contribution in [-0.2, 0) is 5.41 Å². The first-order valence-corrected chi connectivity index (χ1v) is 5.35. The second kappa shape index (κ2) is 5.74. The van der Waals surface area contributed by atoms with Crippen molar-refractivity contribution in [2.24, 2.45) is 0 Å². The Balaban J connectivity index is 0.000000791. The van der Waals surface area contributed by atoms with Gasteiger partial charge in [-0.05, 0) is 13.3 Å². The van der Waals surface area contributed by atoms with E-state index in [2.05, 4.69) is 30.7 Å². The Labute approximate surface area is 87.8 Å². The zero-order valence-electron chi connectivity index (χ0n) is 10.3. The number of rotatable bonds is 2. The summed E-state index contributed by atoms with van der Waals surface area (Å²) in [5, 5.41) is 0. The predicted molar refractivity (Wildman–Crippen MR) is 61.4 cm³/mol. The molecular formula is C12H22N2. The van der Waals surface area contributed by atoms with Gasteiger partial charge in [-0.25, -0.2) is 0 Å². The third-order valence-corrected chi connectivity index (χ3v) is 2.36. The minimum atomic E-state index is 0.153. The average Bonchev–Trinajstić information content (AvgIpc) is 2.21. The minimum absolute atomic E-state index is 0.153. The molecule has 0 saturated carbocycles. The molecule has 0 aliphatic heterocycles. The van der Waals surface area contributed by atoms with Crippen LogP contribution in [0.15, 0.2) is 12.4 Å². The van der Waals surface area contributed by atoms with Crippen LogP contribution in [-0.4, -0.2) is 9.97 Å². The Kier molecular flexibility index (Phi) is 5.36. The van der Waals surface area contributed by atoms with E-state index in [-0.39, 0.29) is 5.41 Å². The highest BCUT2D eigenvalue weighted by atomic mass is 14.8. The SMILES string of the molecule is CC.CCC(C)(C)c1cnc(C)cn1. The fourth-order valence-electron chi connectivity index (χ4n) is 0.923. The first-order chi connectivity index (χ1) is 6.56. The van der Waals surface area contributed by atoms with Gasteiger partial charge in [0.25, 0.3) is 0 Å². The summed E-state index contributed by atoms with van der Waals surface area (Å²) in [5.41, 5.74) is 2.21. The van der Waals surface area contributed by atoms with Gasteiger partial charge in [0, 0.05) is 17.8 Å². The van der Waals surface area contributed by atoms with E-state index in [4.69, 9.17) is 0 Å². The molecule has 1 heterocycles. The van der Waals surface area contributed by atoms with Gasteiger partial charge in [0.05, 0.1) is 11.4 Å². The monoisotopic (exact) mass is 194 g/mol. The highest BCUT2D eigenvalue weighted by Gasteiger charge is 2.19. The maximum absolute atomic E-state index is 4.36. The van der Waals surface area contributed by atoms with Gasteiger partial charge in [0.15, 0.2) is 0 Å². The van der Waals surface area contributed by atoms with Gasteiger partial charge in [-0.1, -0.05) is 34.6 Å². The van der Waals surface area contributed by atoms with Crippen LogP contribution in [0.25, 0.3) is 0 Å². The molecule has 1 aromatic heterocycles. The van der Waals surface area contributed by atoms with Gasteiger partial charge < -0.3 is 0 Å². The molecule has 0 saturated heterocycles. The first kappa shape index (κ1) is 13.1. The van der Waals surface area contributed by atoms with Crippen molar-refractivity contribution in [3.63, 3.8) is 0 Å². The maximum atomic E-state index is 4.36. The third kappa shape index (κ3) is 3.44. The topological polar surface area (TPSA) is 25.8 Å². The molecule has 0 aliphatic carbocycles. The molecule has 0 N–H and O–H groups in total. The van der Waals surface area contributed by atoms with E-state index in [0.717, 1.165) is 17.8 Å². The lowest BCUT2D eigenvalue weighted by molar-refractivity contribution is 0.487. The molecule has 0 fully saturated rings. The molecule has 0 aliphatic rings. The van der Waals surface area contributed by atoms with Gasteiger partial charge in [-0.15, -0.1) is 0 Å². The van der Waals surface area contributed by atoms with Crippen molar-refractivity contribution in [3.05, 3.63) is 23.8 Å². The molecule has 2 nitrogen and oxygen atoms in total. The summed E-state index contributed by atoms with van der Waals surface area (Å²) in [6.07, 6.45) is 4.79. The lowest BCUT2D eigenvalue weighted by Crippen LogP contribution is -2.17. The lowest BCUT2D eigenvalue weighted by Gasteiger charge is -2.21. The van der Waals surface area contributed by atoms with Crippen LogP contribution in [0.4, 0.5) is 0 Å². The van der Waals surface area contributed by atoms with Crippen LogP contribution in [0.5, 0.6) is 0 Å². The summed E-state index contributed by atoms with van der Waals surface area (Å²) in [5.74, 6) is 0. The minimum Gasteiger partial charge on any atom is -0.258 e. The molecule has 0 atom stereocenters. The molecule has 0 aromatic carbocycles. The van der Waals surface area contributed by atoms with Gasteiger partial charge >= 0.3 is 0 Å². The number of hydrogen-bond donors (Lipinski definition) is 0. The van der Waals surface area contributed by atoms with Crippen molar-refractivity contribution in [2.45, 2.75) is 53.4 Å². The van der Waals surface area contributed by atoms with Crippen LogP contribution in [0.3, 0.4) is 0 Å². The van der Waals surface area contributed by atoms with E-state index in [9.17, 15) is 0 Å². The second-order valence-corrected chi connectivity index (χ2v) is 3.78. The van der Waals surface area contributed by atoms with E-state index in [1.807, 2.05) is 33.2 Å². The molecule has 0 spiro atoms. The summed E-state index contributed by atoms with van der Waals surface area (Å²) in [7, 11) is 0. The molecule has 80 valence electrons. The summed E-state index contributed by atoms with van der Waals surface area (Å²) in [6, 6.07) is 0. The highest BCUT2D eigenvalue weighted by molar-refractivity contribution is 5.11. The van der Waals surface area contributed by atoms with E-state index >= 15 is 0 Å². The highest BCUT2D eigenvalue weighted by Crippen LogP contribution is 2.23. The Morgan fingerprint density at radius 2 is 1.71 bits per heavy atom. The first-order valence-electron chi connectivity index (χ1n) is 5.35. The Morgan fingerprint density at radius 1 is 1.14 bits per heavy atom. The van der Waals surface area contributed by atoms with E-state index < -0.39 is 0 Å². The van der Waals surface area contributed by atoms with Crippen molar-refractivity contribution in [2.75, 3.05) is 0 Å². The molecule has 0 unspecified atom stereocenters. The van der Waals surface area contributed by atoms with Crippen molar-refractivity contribution < 1.29 is 0 Å². The van der Waals surface area contributed by atoms with Crippen LogP contribution in [0, 0.1) is 6.92 Å². The van der Waals surface area contributed by atoms with Crippen molar-refractivity contribution in [3.8, 4) is 0 Å². The molecule has 1 aromatic rings. The van der Waals surface area contributed by atoms with Crippen LogP contribution in [0.1, 0.15) is 52.4 Å². The standard InChI is InChI=1S/C10H16N2.C2H6/c1-5-10(3,4)9-7-11-8(2)6-12-9;1-2/h6-7H,5H2,1-4H3;1-2H3. The summed E-state index contributed by atoms with van der Waals surface area (Å²) in [6.45, 7) is 12.5. The summed E-state index contributed by atoms with van der Waals surface area (Å²) in [4.78, 5) is 8.59. The Bertz CT molecular complexity index is 250. The van der Waals surface area contributed by atoms with Crippen LogP contribution < -0.4 is 0 Å². The van der Waals surface area contributed by atoms with Crippen molar-refractivity contribution in [1.29, 1.82) is 0 Å². The Hall–Kier alpha value is -0.920. The fraction of sp³-hybridized carbons (Fsp3) is 0.667. The fourth-order valence-corrected chi connectivity index (χ4v) is 0.923. The zero-order chi connectivity index (χ0) is 11.2. The lowest BCUT2D eigenvalue weighted by atomic mass is 9.87. The van der Waals surface area contributed by atoms with Crippen molar-refractivity contribution >= 4 is 0 Å². The number of nitrogens with zero attached hydrogens (tertiary/aromatic N) is 2. The molecular weight excluding hydrogens is 172 g/mol. The molecule has 1 rings (SSSR count). The number of hydrogen-bond acceptors (Lipinski definition) is 2. The van der Waals surface area contributed by atoms with Gasteiger partial charge in [0.1, 0.15) is 0 Å². The second-order valence-electron chi connectivity index (χ2n) is 3.78. The van der Waals surface area contributed by atoms with Crippen LogP contribution >= 0.6 is 0 Å². The van der Waals surface area contributed by atoms with Gasteiger partial charge in [-0.2, -0.15) is 0 Å². The summed E-state index contributed by atoms with van der Waals surface area (Å²) >= 11 is 0. The van der Waals surface area contributed by atoms with Crippen molar-refractivity contribution in [1.82, 2.24) is 9.97 Å². The quantitative estimate of drug-likeness (QED) is 0.720. The van der Waals surface area contributed by atoms with E-state index in [0.29, 0.717) is 0 Å². The number of aryl methyl sites for hydroxylation is 1. The molecule has 0 amide bonds. The van der Waals surface area contributed by atoms with Gasteiger partial charge in [-0.3, -0.25) is 9.97 Å². The van der Waals surface area contributed by atoms with Crippen LogP contribution in [0.2, 0.25) is 0 Å². The molecule has 14 heavy (non-hydrogen) atoms. The number of aromatic nitrogens is 2. The average molecular weight is 194 g/mol. The third-order valence-electron chi connectivity index (χ3n) is 2.36. The zero-order valence-corrected chi connectivity index (χ0v) is 10.3. The maximum Gasteiger partial charge on any atom is 0.0642 e. The Morgan fingerprint density at radius 3 is 2.07 bits per heavy atom. The molecule has 0 radical (unpaired) electrons. The smallest absolute Gasteiger partial charge is 0.0642 e. The van der Waals surface area contributed by atoms with E-state index in [1.165, 1.54) is 0 Å². The molecule has 0 bridgehead atoms. The molecule has 2 heteroatoms. The normalized spacial score (nSPS) is 10.4.